The van der Waals surface area contributed by atoms with Crippen molar-refractivity contribution in [3.63, 3.8) is 0 Å². The van der Waals surface area contributed by atoms with Gasteiger partial charge in [-0.2, -0.15) is 12.1 Å². The molecule has 1 rings (SSSR count). The van der Waals surface area contributed by atoms with Gasteiger partial charge in [0.15, 0.2) is 0 Å². The van der Waals surface area contributed by atoms with Gasteiger partial charge in [-0.1, -0.05) is 6.20 Å². The second-order valence-corrected chi connectivity index (χ2v) is 1.83. The van der Waals surface area contributed by atoms with Crippen LogP contribution < -0.4 is 23.9 Å². The smallest absolute Gasteiger partial charge is 0.392 e. The van der Waals surface area contributed by atoms with Crippen LogP contribution in [0.2, 0.25) is 0 Å². The monoisotopic (exact) mass is 116 g/mol. The summed E-state index contributed by atoms with van der Waals surface area (Å²) < 4.78 is 1.88. The second kappa shape index (κ2) is 3.66. The molecule has 0 aliphatic rings. The summed E-state index contributed by atoms with van der Waals surface area (Å²) in [6.07, 6.45) is 4.92. The zero-order valence-corrected chi connectivity index (χ0v) is 6.13. The molecule has 1 heterocycles. The fourth-order valence-electron chi connectivity index (χ4n) is 0.536. The summed E-state index contributed by atoms with van der Waals surface area (Å²) in [6, 6.07) is 3.82. The van der Waals surface area contributed by atoms with Crippen molar-refractivity contribution in [2.45, 2.75) is 0 Å². The van der Waals surface area contributed by atoms with E-state index < -0.39 is 0 Å². The van der Waals surface area contributed by atoms with E-state index in [9.17, 15) is 0 Å². The third-order valence-corrected chi connectivity index (χ3v) is 0.961. The van der Waals surface area contributed by atoms with Crippen molar-refractivity contribution < 1.29 is 18.9 Å². The average molecular weight is 116 g/mol. The molecule has 0 saturated heterocycles. The van der Waals surface area contributed by atoms with Gasteiger partial charge in [-0.15, -0.1) is 6.20 Å². The minimum Gasteiger partial charge on any atom is -0.392 e. The molecule has 1 aromatic rings. The average Bonchev–Trinajstić information content (AvgIpc) is 2.12. The van der Waals surface area contributed by atoms with Gasteiger partial charge in [0.1, 0.15) is 0 Å². The molecule has 0 atom stereocenters. The predicted molar refractivity (Wildman–Crippen MR) is 33.3 cm³/mol. The molecule has 0 radical (unpaired) electrons. The summed E-state index contributed by atoms with van der Waals surface area (Å²) in [4.78, 5) is 0. The Balaban J connectivity index is 0.000000640. The molecule has 0 aromatic carbocycles. The van der Waals surface area contributed by atoms with Crippen LogP contribution in [0, 0.1) is 6.20 Å². The number of rotatable bonds is 1. The Morgan fingerprint density at radius 3 is 2.33 bits per heavy atom. The fraction of sp³-hybridized carbons (Fsp3) is 0.333. The zero-order chi connectivity index (χ0) is 5.98. The maximum Gasteiger partial charge on any atom is 1.00 e. The van der Waals surface area contributed by atoms with Gasteiger partial charge >= 0.3 is 18.9 Å². The molecule has 44 valence electrons. The van der Waals surface area contributed by atoms with Crippen LogP contribution in [0.5, 0.6) is 0 Å². The first-order valence-corrected chi connectivity index (χ1v) is 2.53. The number of aromatic nitrogens is 1. The normalized spacial score (nSPS) is 8.22. The molecule has 0 saturated carbocycles. The summed E-state index contributed by atoms with van der Waals surface area (Å²) >= 11 is 0. The van der Waals surface area contributed by atoms with Crippen molar-refractivity contribution in [2.75, 3.05) is 19.1 Å². The Morgan fingerprint density at radius 1 is 1.44 bits per heavy atom. The van der Waals surface area contributed by atoms with Gasteiger partial charge in [-0.3, -0.25) is 0 Å². The zero-order valence-electron chi connectivity index (χ0n) is 6.13. The van der Waals surface area contributed by atoms with Gasteiger partial charge in [-0.25, -0.2) is 0 Å². The first-order valence-electron chi connectivity index (χ1n) is 2.53. The molecule has 0 spiro atoms. The van der Waals surface area contributed by atoms with E-state index in [4.69, 9.17) is 0 Å². The first-order chi connectivity index (χ1) is 3.80. The Morgan fingerprint density at radius 2 is 2.11 bits per heavy atom. The van der Waals surface area contributed by atoms with E-state index in [-0.39, 0.29) is 18.9 Å². The second-order valence-electron chi connectivity index (χ2n) is 1.83. The SMILES string of the molecule is CN(C)n1[c-]ccc1.[Li+]. The summed E-state index contributed by atoms with van der Waals surface area (Å²) in [5.41, 5.74) is 0. The van der Waals surface area contributed by atoms with Crippen molar-refractivity contribution in [3.8, 4) is 0 Å². The Kier molecular flexibility index (Phi) is 3.52. The van der Waals surface area contributed by atoms with Gasteiger partial charge in [-0.05, 0) is 0 Å². The van der Waals surface area contributed by atoms with Gasteiger partial charge in [0.2, 0.25) is 0 Å². The van der Waals surface area contributed by atoms with Crippen LogP contribution in [0.4, 0.5) is 0 Å². The number of hydrogen-bond acceptors (Lipinski definition) is 1. The molecule has 9 heavy (non-hydrogen) atoms. The molecule has 0 N–H and O–H groups in total. The van der Waals surface area contributed by atoms with Gasteiger partial charge in [0.05, 0.1) is 0 Å². The van der Waals surface area contributed by atoms with Crippen LogP contribution in [-0.4, -0.2) is 18.8 Å². The van der Waals surface area contributed by atoms with Crippen molar-refractivity contribution in [3.05, 3.63) is 24.5 Å². The van der Waals surface area contributed by atoms with E-state index in [0.717, 1.165) is 0 Å². The van der Waals surface area contributed by atoms with Gasteiger partial charge in [0, 0.05) is 14.1 Å². The Labute approximate surface area is 67.6 Å². The van der Waals surface area contributed by atoms with Crippen LogP contribution >= 0.6 is 0 Å². The molecule has 3 heteroatoms. The van der Waals surface area contributed by atoms with Crippen LogP contribution in [0.15, 0.2) is 18.3 Å². The Bertz CT molecular complexity index is 146. The molecule has 0 unspecified atom stereocenters. The van der Waals surface area contributed by atoms with Crippen LogP contribution in [0.25, 0.3) is 0 Å². The van der Waals surface area contributed by atoms with E-state index in [1.807, 2.05) is 42.1 Å². The molecule has 0 aliphatic heterocycles. The summed E-state index contributed by atoms with van der Waals surface area (Å²) in [5, 5.41) is 1.94. The first kappa shape index (κ1) is 8.68. The minimum atomic E-state index is 0. The maximum absolute atomic E-state index is 2.98. The van der Waals surface area contributed by atoms with Crippen molar-refractivity contribution >= 4 is 0 Å². The molecule has 0 fully saturated rings. The summed E-state index contributed by atoms with van der Waals surface area (Å²) in [5.74, 6) is 0. The number of hydrogen-bond donors (Lipinski definition) is 0. The molecule has 2 nitrogen and oxygen atoms in total. The molecule has 0 amide bonds. The van der Waals surface area contributed by atoms with E-state index in [1.54, 1.807) is 0 Å². The quantitative estimate of drug-likeness (QED) is 0.290. The molecular formula is C6H9LiN2. The number of nitrogens with zero attached hydrogens (tertiary/aromatic N) is 2. The van der Waals surface area contributed by atoms with E-state index >= 15 is 0 Å². The van der Waals surface area contributed by atoms with E-state index in [0.29, 0.717) is 0 Å². The summed E-state index contributed by atoms with van der Waals surface area (Å²) in [7, 11) is 3.94. The molecule has 0 bridgehead atoms. The van der Waals surface area contributed by atoms with E-state index in [1.165, 1.54) is 0 Å². The van der Waals surface area contributed by atoms with Gasteiger partial charge in [0.25, 0.3) is 0 Å². The maximum atomic E-state index is 2.98. The fourth-order valence-corrected chi connectivity index (χ4v) is 0.536. The van der Waals surface area contributed by atoms with Crippen molar-refractivity contribution in [1.82, 2.24) is 4.68 Å². The Hall–Kier alpha value is -0.323. The molecule has 0 aliphatic carbocycles. The third kappa shape index (κ3) is 2.17. The van der Waals surface area contributed by atoms with Crippen LogP contribution in [0.1, 0.15) is 0 Å². The van der Waals surface area contributed by atoms with Crippen molar-refractivity contribution in [1.29, 1.82) is 0 Å². The third-order valence-electron chi connectivity index (χ3n) is 0.961. The molecular weight excluding hydrogens is 107 g/mol. The standard InChI is InChI=1S/C6H9N2.Li/c1-7(2)8-5-3-4-6-8;/h3-5H,1-2H3;/q-1;+1. The molecule has 1 aromatic heterocycles. The van der Waals surface area contributed by atoms with Gasteiger partial charge < -0.3 is 9.69 Å². The van der Waals surface area contributed by atoms with E-state index in [2.05, 4.69) is 6.20 Å². The summed E-state index contributed by atoms with van der Waals surface area (Å²) in [6.45, 7) is 0. The van der Waals surface area contributed by atoms with Crippen LogP contribution in [-0.2, 0) is 0 Å². The van der Waals surface area contributed by atoms with Crippen molar-refractivity contribution in [2.24, 2.45) is 0 Å². The topological polar surface area (TPSA) is 8.17 Å². The predicted octanol–water partition coefficient (Wildman–Crippen LogP) is -2.51. The minimum absolute atomic E-state index is 0. The largest absolute Gasteiger partial charge is 1.00 e. The van der Waals surface area contributed by atoms with Crippen LogP contribution in [0.3, 0.4) is 0 Å².